The molecule has 0 saturated carbocycles. The Balaban J connectivity index is 1.17. The van der Waals surface area contributed by atoms with Crippen LogP contribution in [-0.2, 0) is 9.59 Å². The Morgan fingerprint density at radius 3 is 2.75 bits per heavy atom. The largest absolute Gasteiger partial charge is 0.484 e. The zero-order valence-corrected chi connectivity index (χ0v) is 18.5. The summed E-state index contributed by atoms with van der Waals surface area (Å²) in [6.07, 6.45) is 7.09. The fraction of sp³-hybridized carbons (Fsp3) is 0.500. The molecule has 1 aromatic heterocycles. The third kappa shape index (κ3) is 5.96. The molecule has 2 aromatic rings. The molecule has 2 aliphatic rings. The number of nitrogens with zero attached hydrogens (tertiary/aromatic N) is 4. The average molecular weight is 439 g/mol. The van der Waals surface area contributed by atoms with Crippen LogP contribution in [0.3, 0.4) is 0 Å². The topological polar surface area (TPSA) is 84.9 Å². The van der Waals surface area contributed by atoms with Gasteiger partial charge in [-0.15, -0.1) is 0 Å². The number of hydrogen-bond donors (Lipinski definition) is 0. The van der Waals surface area contributed by atoms with Crippen molar-refractivity contribution in [2.45, 2.75) is 26.2 Å². The molecule has 1 atom stereocenters. The van der Waals surface area contributed by atoms with Crippen LogP contribution >= 0.6 is 0 Å². The van der Waals surface area contributed by atoms with Gasteiger partial charge in [-0.25, -0.2) is 4.98 Å². The van der Waals surface area contributed by atoms with Crippen molar-refractivity contribution in [1.82, 2.24) is 19.8 Å². The van der Waals surface area contributed by atoms with Gasteiger partial charge < -0.3 is 19.3 Å². The lowest BCUT2D eigenvalue weighted by molar-refractivity contribution is -0.135. The van der Waals surface area contributed by atoms with Gasteiger partial charge in [-0.2, -0.15) is 0 Å². The number of likely N-dealkylation sites (tertiary alicyclic amines) is 2. The number of aryl methyl sites for hydroxylation is 1. The van der Waals surface area contributed by atoms with E-state index in [4.69, 9.17) is 9.47 Å². The summed E-state index contributed by atoms with van der Waals surface area (Å²) in [6.45, 7) is 5.41. The summed E-state index contributed by atoms with van der Waals surface area (Å²) in [4.78, 5) is 36.9. The van der Waals surface area contributed by atoms with Gasteiger partial charge in [-0.05, 0) is 43.4 Å². The second kappa shape index (κ2) is 10.4. The van der Waals surface area contributed by atoms with Crippen LogP contribution < -0.4 is 9.47 Å². The van der Waals surface area contributed by atoms with Crippen molar-refractivity contribution in [2.24, 2.45) is 11.8 Å². The van der Waals surface area contributed by atoms with Gasteiger partial charge in [0.15, 0.2) is 6.61 Å². The SMILES string of the molecule is Cc1cccc(OCC(=O)N2CCC(CN3C[C@@H](COc4cnccn4)CC3=O)CC2)c1. The average Bonchev–Trinajstić information content (AvgIpc) is 3.16. The Hall–Kier alpha value is -3.16. The number of benzene rings is 1. The quantitative estimate of drug-likeness (QED) is 0.629. The molecule has 2 fully saturated rings. The molecule has 0 unspecified atom stereocenters. The molecule has 0 bridgehead atoms. The van der Waals surface area contributed by atoms with Crippen molar-refractivity contribution in [1.29, 1.82) is 0 Å². The molecule has 8 nitrogen and oxygen atoms in total. The predicted molar refractivity (Wildman–Crippen MR) is 118 cm³/mol. The first-order chi connectivity index (χ1) is 15.6. The highest BCUT2D eigenvalue weighted by atomic mass is 16.5. The first kappa shape index (κ1) is 22.0. The second-order valence-corrected chi connectivity index (χ2v) is 8.65. The normalized spacial score (nSPS) is 19.3. The number of aromatic nitrogens is 2. The highest BCUT2D eigenvalue weighted by Crippen LogP contribution is 2.24. The molecule has 0 aliphatic carbocycles. The van der Waals surface area contributed by atoms with Crippen LogP contribution in [0, 0.1) is 18.8 Å². The van der Waals surface area contributed by atoms with E-state index in [0.29, 0.717) is 44.5 Å². The lowest BCUT2D eigenvalue weighted by Gasteiger charge is -2.34. The first-order valence-electron chi connectivity index (χ1n) is 11.2. The van der Waals surface area contributed by atoms with E-state index in [1.54, 1.807) is 18.6 Å². The number of carbonyl (C=O) groups excluding carboxylic acids is 2. The Kier molecular flexibility index (Phi) is 7.19. The third-order valence-electron chi connectivity index (χ3n) is 6.10. The van der Waals surface area contributed by atoms with E-state index in [9.17, 15) is 9.59 Å². The van der Waals surface area contributed by atoms with Gasteiger partial charge in [0.25, 0.3) is 5.91 Å². The molecule has 3 heterocycles. The van der Waals surface area contributed by atoms with Crippen LogP contribution in [0.1, 0.15) is 24.8 Å². The molecule has 4 rings (SSSR count). The lowest BCUT2D eigenvalue weighted by atomic mass is 9.96. The van der Waals surface area contributed by atoms with Crippen molar-refractivity contribution < 1.29 is 19.1 Å². The zero-order valence-electron chi connectivity index (χ0n) is 18.5. The highest BCUT2D eigenvalue weighted by Gasteiger charge is 2.33. The highest BCUT2D eigenvalue weighted by molar-refractivity contribution is 5.79. The Morgan fingerprint density at radius 1 is 1.16 bits per heavy atom. The third-order valence-corrected chi connectivity index (χ3v) is 6.10. The zero-order chi connectivity index (χ0) is 22.3. The van der Waals surface area contributed by atoms with Gasteiger partial charge in [0, 0.05) is 50.9 Å². The van der Waals surface area contributed by atoms with Gasteiger partial charge in [0.2, 0.25) is 11.8 Å². The Bertz CT molecular complexity index is 915. The Labute approximate surface area is 188 Å². The van der Waals surface area contributed by atoms with Gasteiger partial charge >= 0.3 is 0 Å². The van der Waals surface area contributed by atoms with Gasteiger partial charge in [0.05, 0.1) is 12.8 Å². The Morgan fingerprint density at radius 2 is 2.00 bits per heavy atom. The van der Waals surface area contributed by atoms with Gasteiger partial charge in [-0.3, -0.25) is 14.6 Å². The number of ether oxygens (including phenoxy) is 2. The van der Waals surface area contributed by atoms with Crippen LogP contribution in [-0.4, -0.2) is 71.0 Å². The number of hydrogen-bond acceptors (Lipinski definition) is 6. The number of rotatable bonds is 8. The van der Waals surface area contributed by atoms with E-state index in [-0.39, 0.29) is 24.3 Å². The van der Waals surface area contributed by atoms with E-state index in [1.165, 1.54) is 0 Å². The summed E-state index contributed by atoms with van der Waals surface area (Å²) < 4.78 is 11.3. The molecule has 0 N–H and O–H groups in total. The number of amides is 2. The van der Waals surface area contributed by atoms with Crippen molar-refractivity contribution >= 4 is 11.8 Å². The summed E-state index contributed by atoms with van der Waals surface area (Å²) in [5.41, 5.74) is 1.11. The molecule has 8 heteroatoms. The molecule has 2 saturated heterocycles. The fourth-order valence-electron chi connectivity index (χ4n) is 4.32. The lowest BCUT2D eigenvalue weighted by Crippen LogP contribution is -2.43. The fourth-order valence-corrected chi connectivity index (χ4v) is 4.32. The van der Waals surface area contributed by atoms with E-state index < -0.39 is 0 Å². The van der Waals surface area contributed by atoms with Gasteiger partial charge in [0.1, 0.15) is 5.75 Å². The van der Waals surface area contributed by atoms with Crippen LogP contribution in [0.25, 0.3) is 0 Å². The molecule has 2 amide bonds. The van der Waals surface area contributed by atoms with Crippen LogP contribution in [0.15, 0.2) is 42.9 Å². The van der Waals surface area contributed by atoms with Gasteiger partial charge in [-0.1, -0.05) is 12.1 Å². The standard InChI is InChI=1S/C24H30N4O4/c1-18-3-2-4-21(11-18)31-17-24(30)27-9-5-19(6-10-27)14-28-15-20(12-23(28)29)16-32-22-13-25-7-8-26-22/h2-4,7-8,11,13,19-20H,5-6,9-10,12,14-17H2,1H3/t20-/m0/s1. The smallest absolute Gasteiger partial charge is 0.260 e. The van der Waals surface area contributed by atoms with Crippen LogP contribution in [0.4, 0.5) is 0 Å². The van der Waals surface area contributed by atoms with Crippen molar-refractivity contribution in [3.8, 4) is 11.6 Å². The molecule has 32 heavy (non-hydrogen) atoms. The van der Waals surface area contributed by atoms with Crippen molar-refractivity contribution in [2.75, 3.05) is 39.4 Å². The van der Waals surface area contributed by atoms with Crippen molar-refractivity contribution in [3.63, 3.8) is 0 Å². The van der Waals surface area contributed by atoms with E-state index >= 15 is 0 Å². The minimum atomic E-state index is 0.0171. The predicted octanol–water partition coefficient (Wildman–Crippen LogP) is 2.33. The van der Waals surface area contributed by atoms with Crippen LogP contribution in [0.2, 0.25) is 0 Å². The summed E-state index contributed by atoms with van der Waals surface area (Å²) in [5, 5.41) is 0. The molecule has 2 aliphatic heterocycles. The molecule has 1 aromatic carbocycles. The number of carbonyl (C=O) groups is 2. The monoisotopic (exact) mass is 438 g/mol. The molecular weight excluding hydrogens is 408 g/mol. The maximum atomic E-state index is 12.5. The molecular formula is C24H30N4O4. The summed E-state index contributed by atoms with van der Waals surface area (Å²) >= 11 is 0. The maximum Gasteiger partial charge on any atom is 0.260 e. The maximum absolute atomic E-state index is 12.5. The van der Waals surface area contributed by atoms with E-state index in [1.807, 2.05) is 41.0 Å². The summed E-state index contributed by atoms with van der Waals surface area (Å²) in [6, 6.07) is 7.72. The second-order valence-electron chi connectivity index (χ2n) is 8.65. The molecule has 0 spiro atoms. The van der Waals surface area contributed by atoms with Crippen molar-refractivity contribution in [3.05, 3.63) is 48.4 Å². The minimum Gasteiger partial charge on any atom is -0.484 e. The summed E-state index contributed by atoms with van der Waals surface area (Å²) in [5.74, 6) is 2.00. The van der Waals surface area contributed by atoms with E-state index in [0.717, 1.165) is 30.7 Å². The number of piperidine rings is 1. The molecule has 170 valence electrons. The summed E-state index contributed by atoms with van der Waals surface area (Å²) in [7, 11) is 0. The molecule has 0 radical (unpaired) electrons. The first-order valence-corrected chi connectivity index (χ1v) is 11.2. The van der Waals surface area contributed by atoms with E-state index in [2.05, 4.69) is 9.97 Å². The van der Waals surface area contributed by atoms with Crippen LogP contribution in [0.5, 0.6) is 11.6 Å². The minimum absolute atomic E-state index is 0.0171.